The second-order valence-electron chi connectivity index (χ2n) is 19.4. The zero-order valence-electron chi connectivity index (χ0n) is 40.2. The summed E-state index contributed by atoms with van der Waals surface area (Å²) in [6, 6.07) is 103. The molecule has 0 radical (unpaired) electrons. The van der Waals surface area contributed by atoms with Crippen LogP contribution in [0.25, 0.3) is 111 Å². The van der Waals surface area contributed by atoms with Gasteiger partial charge in [0.15, 0.2) is 0 Å². The molecular formula is C73H48. The SMILES string of the molecule is C(=C\c1ccc(-c2cccc3ccccc23)c2ccccc12)/c1ccc(-c2c3ccccc3c(-c3ccc(-c4ccc(C5(c6ccccc6)c6ccccc6-c6ccccc65)cc4)cc3)c3ccccc23)cc1. The van der Waals surface area contributed by atoms with Crippen LogP contribution in [-0.4, -0.2) is 0 Å². The molecule has 73 heavy (non-hydrogen) atoms. The maximum atomic E-state index is 2.35. The largest absolute Gasteiger partial charge is 0.0713 e. The van der Waals surface area contributed by atoms with Crippen LogP contribution in [0.2, 0.25) is 0 Å². The van der Waals surface area contributed by atoms with E-state index in [2.05, 4.69) is 291 Å². The first kappa shape index (κ1) is 42.5. The average Bonchev–Trinajstić information content (AvgIpc) is 3.82. The van der Waals surface area contributed by atoms with Crippen LogP contribution >= 0.6 is 0 Å². The lowest BCUT2D eigenvalue weighted by molar-refractivity contribution is 0.768. The summed E-state index contributed by atoms with van der Waals surface area (Å²) >= 11 is 0. The van der Waals surface area contributed by atoms with Crippen LogP contribution in [0, 0.1) is 0 Å². The molecule has 0 fully saturated rings. The van der Waals surface area contributed by atoms with Gasteiger partial charge >= 0.3 is 0 Å². The fourth-order valence-electron chi connectivity index (χ4n) is 12.3. The smallest absolute Gasteiger partial charge is 0.0622 e. The Morgan fingerprint density at radius 1 is 0.233 bits per heavy atom. The maximum absolute atomic E-state index is 2.35. The third kappa shape index (κ3) is 6.91. The molecule has 0 nitrogen and oxygen atoms in total. The number of fused-ring (bicyclic) bond motifs is 7. The van der Waals surface area contributed by atoms with Crippen molar-refractivity contribution in [3.8, 4) is 55.6 Å². The normalized spacial score (nSPS) is 12.7. The third-order valence-electron chi connectivity index (χ3n) is 15.6. The van der Waals surface area contributed by atoms with Crippen LogP contribution < -0.4 is 0 Å². The van der Waals surface area contributed by atoms with E-state index >= 15 is 0 Å². The molecule has 13 aromatic rings. The van der Waals surface area contributed by atoms with Crippen LogP contribution in [0.1, 0.15) is 33.4 Å². The highest BCUT2D eigenvalue weighted by Gasteiger charge is 2.45. The Kier molecular flexibility index (Phi) is 10.2. The van der Waals surface area contributed by atoms with Crippen LogP contribution in [0.3, 0.4) is 0 Å². The molecule has 13 aromatic carbocycles. The molecule has 0 aromatic heterocycles. The van der Waals surface area contributed by atoms with Crippen molar-refractivity contribution in [2.24, 2.45) is 0 Å². The summed E-state index contributed by atoms with van der Waals surface area (Å²) in [5, 5.41) is 10.0. The highest BCUT2D eigenvalue weighted by molar-refractivity contribution is 6.21. The molecule has 0 N–H and O–H groups in total. The molecule has 1 aliphatic carbocycles. The van der Waals surface area contributed by atoms with Gasteiger partial charge in [0.1, 0.15) is 0 Å². The predicted molar refractivity (Wildman–Crippen MR) is 311 cm³/mol. The average molecular weight is 925 g/mol. The maximum Gasteiger partial charge on any atom is 0.0713 e. The highest BCUT2D eigenvalue weighted by atomic mass is 14.5. The summed E-state index contributed by atoms with van der Waals surface area (Å²) in [6.07, 6.45) is 4.51. The van der Waals surface area contributed by atoms with Crippen molar-refractivity contribution in [1.82, 2.24) is 0 Å². The van der Waals surface area contributed by atoms with Crippen LogP contribution in [0.5, 0.6) is 0 Å². The Balaban J connectivity index is 0.789. The van der Waals surface area contributed by atoms with Gasteiger partial charge in [-0.25, -0.2) is 0 Å². The van der Waals surface area contributed by atoms with Crippen LogP contribution in [0.4, 0.5) is 0 Å². The Hall–Kier alpha value is -9.36. The first-order chi connectivity index (χ1) is 36.2. The number of benzene rings is 13. The van der Waals surface area contributed by atoms with Gasteiger partial charge < -0.3 is 0 Å². The highest BCUT2D eigenvalue weighted by Crippen LogP contribution is 2.56. The van der Waals surface area contributed by atoms with Gasteiger partial charge in [0, 0.05) is 0 Å². The molecule has 0 saturated heterocycles. The molecule has 340 valence electrons. The van der Waals surface area contributed by atoms with Crippen molar-refractivity contribution in [2.75, 3.05) is 0 Å². The van der Waals surface area contributed by atoms with E-state index in [0.29, 0.717) is 0 Å². The van der Waals surface area contributed by atoms with Gasteiger partial charge in [-0.1, -0.05) is 291 Å². The van der Waals surface area contributed by atoms with Crippen molar-refractivity contribution >= 4 is 55.2 Å². The third-order valence-corrected chi connectivity index (χ3v) is 15.6. The second-order valence-corrected chi connectivity index (χ2v) is 19.4. The van der Waals surface area contributed by atoms with E-state index < -0.39 is 5.41 Å². The van der Waals surface area contributed by atoms with E-state index in [-0.39, 0.29) is 0 Å². The number of rotatable bonds is 8. The first-order valence-corrected chi connectivity index (χ1v) is 25.4. The Morgan fingerprint density at radius 3 is 1.25 bits per heavy atom. The van der Waals surface area contributed by atoms with E-state index in [1.54, 1.807) is 0 Å². The van der Waals surface area contributed by atoms with Crippen molar-refractivity contribution in [3.05, 3.63) is 312 Å². The lowest BCUT2D eigenvalue weighted by atomic mass is 9.67. The monoisotopic (exact) mass is 924 g/mol. The lowest BCUT2D eigenvalue weighted by Crippen LogP contribution is -2.28. The van der Waals surface area contributed by atoms with Gasteiger partial charge in [0.25, 0.3) is 0 Å². The molecule has 0 aliphatic heterocycles. The summed E-state index contributed by atoms with van der Waals surface area (Å²) in [5.74, 6) is 0. The summed E-state index contributed by atoms with van der Waals surface area (Å²) in [4.78, 5) is 0. The minimum absolute atomic E-state index is 0.409. The molecule has 0 bridgehead atoms. The minimum atomic E-state index is -0.409. The molecule has 1 aliphatic rings. The molecule has 0 amide bonds. The Labute approximate surface area is 426 Å². The lowest BCUT2D eigenvalue weighted by Gasteiger charge is -2.34. The van der Waals surface area contributed by atoms with Crippen molar-refractivity contribution in [3.63, 3.8) is 0 Å². The van der Waals surface area contributed by atoms with Gasteiger partial charge in [-0.05, 0) is 132 Å². The van der Waals surface area contributed by atoms with Gasteiger partial charge in [0.05, 0.1) is 5.41 Å². The number of hydrogen-bond donors (Lipinski definition) is 0. The fraction of sp³-hybridized carbons (Fsp3) is 0.0137. The molecule has 0 atom stereocenters. The zero-order valence-corrected chi connectivity index (χ0v) is 40.2. The number of hydrogen-bond acceptors (Lipinski definition) is 0. The minimum Gasteiger partial charge on any atom is -0.0622 e. The van der Waals surface area contributed by atoms with E-state index in [1.807, 2.05) is 0 Å². The van der Waals surface area contributed by atoms with Gasteiger partial charge in [-0.2, -0.15) is 0 Å². The predicted octanol–water partition coefficient (Wildman–Crippen LogP) is 19.5. The molecule has 0 unspecified atom stereocenters. The summed E-state index contributed by atoms with van der Waals surface area (Å²) < 4.78 is 0. The molecule has 0 heterocycles. The van der Waals surface area contributed by atoms with Crippen LogP contribution in [-0.2, 0) is 5.41 Å². The van der Waals surface area contributed by atoms with Gasteiger partial charge in [-0.15, -0.1) is 0 Å². The molecule has 14 rings (SSSR count). The Morgan fingerprint density at radius 2 is 0.644 bits per heavy atom. The standard InChI is InChI=1S/C73H48/c1-2-19-56(20-3-1)73(69-31-14-12-24-63(69)64-25-13-15-32-70(64)73)57-46-43-51(44-47-57)50-39-41-55(42-40-50)72-67-28-10-8-26-65(67)71(66-27-9-11-29-68(66)72)54-37-34-49(35-38-54)33-36-53-45-48-62(60-23-7-6-22-59(53)60)61-30-16-18-52-17-4-5-21-58(52)61/h1-48H/b36-33+. The van der Waals surface area contributed by atoms with Gasteiger partial charge in [-0.3, -0.25) is 0 Å². The van der Waals surface area contributed by atoms with E-state index in [1.165, 1.54) is 127 Å². The van der Waals surface area contributed by atoms with Gasteiger partial charge in [0.2, 0.25) is 0 Å². The van der Waals surface area contributed by atoms with Crippen molar-refractivity contribution < 1.29 is 0 Å². The summed E-state index contributed by atoms with van der Waals surface area (Å²) in [7, 11) is 0. The molecule has 0 saturated carbocycles. The fourth-order valence-corrected chi connectivity index (χ4v) is 12.3. The summed E-state index contributed by atoms with van der Waals surface area (Å²) in [6.45, 7) is 0. The van der Waals surface area contributed by atoms with E-state index in [9.17, 15) is 0 Å². The quantitative estimate of drug-likeness (QED) is 0.105. The first-order valence-electron chi connectivity index (χ1n) is 25.4. The van der Waals surface area contributed by atoms with E-state index in [4.69, 9.17) is 0 Å². The van der Waals surface area contributed by atoms with Crippen molar-refractivity contribution in [2.45, 2.75) is 5.41 Å². The van der Waals surface area contributed by atoms with E-state index in [0.717, 1.165) is 5.56 Å². The molecule has 0 spiro atoms. The molecule has 0 heteroatoms. The second kappa shape index (κ2) is 17.5. The Bertz CT molecular complexity index is 4160. The summed E-state index contributed by atoms with van der Waals surface area (Å²) in [5.41, 5.74) is 19.6. The van der Waals surface area contributed by atoms with Crippen molar-refractivity contribution in [1.29, 1.82) is 0 Å². The topological polar surface area (TPSA) is 0 Å². The zero-order chi connectivity index (χ0) is 48.3. The van der Waals surface area contributed by atoms with Crippen LogP contribution in [0.15, 0.2) is 279 Å². The molecular weight excluding hydrogens is 877 g/mol.